The zero-order valence-electron chi connectivity index (χ0n) is 10.2. The topological polar surface area (TPSA) is 55.4 Å². The molecule has 0 aromatic rings. The number of ether oxygens (including phenoxy) is 1. The van der Waals surface area contributed by atoms with Crippen molar-refractivity contribution in [1.29, 1.82) is 0 Å². The molecule has 0 aliphatic rings. The molecular formula is C10H19NO3S3. The fourth-order valence-electron chi connectivity index (χ4n) is 1.00. The lowest BCUT2D eigenvalue weighted by Crippen LogP contribution is -2.20. The molecule has 0 bridgehead atoms. The minimum atomic E-state index is -0.708. The molecule has 0 spiro atoms. The van der Waals surface area contributed by atoms with E-state index < -0.39 is 10.8 Å². The van der Waals surface area contributed by atoms with Crippen molar-refractivity contribution in [2.75, 3.05) is 31.4 Å². The first-order chi connectivity index (χ1) is 8.06. The van der Waals surface area contributed by atoms with Crippen LogP contribution in [0.15, 0.2) is 0 Å². The highest BCUT2D eigenvalue weighted by molar-refractivity contribution is 8.22. The van der Waals surface area contributed by atoms with Gasteiger partial charge in [-0.1, -0.05) is 24.0 Å². The lowest BCUT2D eigenvalue weighted by molar-refractivity contribution is -0.140. The van der Waals surface area contributed by atoms with Crippen molar-refractivity contribution in [2.45, 2.75) is 19.3 Å². The van der Waals surface area contributed by atoms with Crippen LogP contribution >= 0.6 is 24.0 Å². The van der Waals surface area contributed by atoms with Crippen molar-refractivity contribution in [1.82, 2.24) is 5.32 Å². The van der Waals surface area contributed by atoms with Gasteiger partial charge in [0.05, 0.1) is 13.5 Å². The third-order valence-electron chi connectivity index (χ3n) is 1.89. The van der Waals surface area contributed by atoms with E-state index in [2.05, 4.69) is 10.1 Å². The molecule has 0 radical (unpaired) electrons. The lowest BCUT2D eigenvalue weighted by Gasteiger charge is -2.06. The van der Waals surface area contributed by atoms with Crippen LogP contribution in [0.25, 0.3) is 0 Å². The molecule has 0 aromatic heterocycles. The SMILES string of the molecule is COC(=O)CCSC(=S)NCCCCS(C)=O. The summed E-state index contributed by atoms with van der Waals surface area (Å²) in [6, 6.07) is 0. The van der Waals surface area contributed by atoms with Gasteiger partial charge in [-0.25, -0.2) is 0 Å². The average Bonchev–Trinajstić information content (AvgIpc) is 2.27. The van der Waals surface area contributed by atoms with E-state index in [0.717, 1.165) is 25.1 Å². The van der Waals surface area contributed by atoms with Crippen LogP contribution in [-0.4, -0.2) is 45.9 Å². The Labute approximate surface area is 115 Å². The van der Waals surface area contributed by atoms with Crippen molar-refractivity contribution in [3.05, 3.63) is 0 Å². The average molecular weight is 297 g/mol. The smallest absolute Gasteiger partial charge is 0.306 e. The molecular weight excluding hydrogens is 278 g/mol. The van der Waals surface area contributed by atoms with Crippen LogP contribution in [0.4, 0.5) is 0 Å². The fourth-order valence-corrected chi connectivity index (χ4v) is 2.62. The molecule has 1 N–H and O–H groups in total. The Kier molecular flexibility index (Phi) is 10.9. The largest absolute Gasteiger partial charge is 0.469 e. The molecule has 0 heterocycles. The number of thioether (sulfide) groups is 1. The Balaban J connectivity index is 3.35. The van der Waals surface area contributed by atoms with Gasteiger partial charge >= 0.3 is 5.97 Å². The Morgan fingerprint density at radius 3 is 2.76 bits per heavy atom. The van der Waals surface area contributed by atoms with E-state index in [-0.39, 0.29) is 5.97 Å². The van der Waals surface area contributed by atoms with Crippen molar-refractivity contribution < 1.29 is 13.7 Å². The van der Waals surface area contributed by atoms with Crippen molar-refractivity contribution in [3.8, 4) is 0 Å². The normalized spacial score (nSPS) is 11.9. The van der Waals surface area contributed by atoms with E-state index in [1.165, 1.54) is 18.9 Å². The summed E-state index contributed by atoms with van der Waals surface area (Å²) >= 11 is 6.53. The minimum absolute atomic E-state index is 0.217. The number of hydrogen-bond acceptors (Lipinski definition) is 5. The Bertz CT molecular complexity index is 272. The van der Waals surface area contributed by atoms with E-state index in [0.29, 0.717) is 16.5 Å². The molecule has 100 valence electrons. The van der Waals surface area contributed by atoms with Crippen molar-refractivity contribution in [2.24, 2.45) is 0 Å². The second-order valence-electron chi connectivity index (χ2n) is 3.37. The van der Waals surface area contributed by atoms with Crippen molar-refractivity contribution >= 4 is 45.1 Å². The molecule has 0 rings (SSSR count). The van der Waals surface area contributed by atoms with Crippen LogP contribution in [0.5, 0.6) is 0 Å². The third kappa shape index (κ3) is 12.1. The summed E-state index contributed by atoms with van der Waals surface area (Å²) in [6.07, 6.45) is 3.97. The number of methoxy groups -OCH3 is 1. The summed E-state index contributed by atoms with van der Waals surface area (Å²) in [6.45, 7) is 0.793. The first kappa shape index (κ1) is 16.9. The Morgan fingerprint density at radius 1 is 1.47 bits per heavy atom. The number of carbonyl (C=O) groups is 1. The third-order valence-corrected chi connectivity index (χ3v) is 4.07. The summed E-state index contributed by atoms with van der Waals surface area (Å²) < 4.78 is 16.0. The number of rotatable bonds is 8. The minimum Gasteiger partial charge on any atom is -0.469 e. The van der Waals surface area contributed by atoms with Gasteiger partial charge in [0.2, 0.25) is 0 Å². The predicted octanol–water partition coefficient (Wildman–Crippen LogP) is 1.32. The standard InChI is InChI=1S/C10H19NO3S3/c1-14-9(12)5-7-16-10(15)11-6-3-4-8-17(2)13/h3-8H2,1-2H3,(H,11,15). The lowest BCUT2D eigenvalue weighted by atomic mass is 10.3. The second-order valence-corrected chi connectivity index (χ2v) is 6.70. The first-order valence-corrected chi connectivity index (χ1v) is 8.46. The van der Waals surface area contributed by atoms with E-state index in [9.17, 15) is 9.00 Å². The highest BCUT2D eigenvalue weighted by atomic mass is 32.2. The number of carbonyl (C=O) groups excluding carboxylic acids is 1. The molecule has 1 unspecified atom stereocenters. The van der Waals surface area contributed by atoms with Gasteiger partial charge in [0.25, 0.3) is 0 Å². The first-order valence-electron chi connectivity index (χ1n) is 5.33. The molecule has 0 aliphatic heterocycles. The second kappa shape index (κ2) is 11.0. The van der Waals surface area contributed by atoms with Crippen LogP contribution in [0.1, 0.15) is 19.3 Å². The molecule has 7 heteroatoms. The van der Waals surface area contributed by atoms with Crippen LogP contribution in [0.2, 0.25) is 0 Å². The highest BCUT2D eigenvalue weighted by Crippen LogP contribution is 2.05. The molecule has 0 aromatic carbocycles. The van der Waals surface area contributed by atoms with E-state index in [1.54, 1.807) is 6.26 Å². The highest BCUT2D eigenvalue weighted by Gasteiger charge is 2.02. The molecule has 0 fully saturated rings. The quantitative estimate of drug-likeness (QED) is 0.414. The predicted molar refractivity (Wildman–Crippen MR) is 77.9 cm³/mol. The molecule has 0 saturated heterocycles. The fraction of sp³-hybridized carbons (Fsp3) is 0.800. The van der Waals surface area contributed by atoms with Gasteiger partial charge in [-0.15, -0.1) is 0 Å². The van der Waals surface area contributed by atoms with Gasteiger partial charge in [0.1, 0.15) is 4.32 Å². The Hall–Kier alpha value is -0.140. The van der Waals surface area contributed by atoms with E-state index >= 15 is 0 Å². The number of esters is 1. The number of unbranched alkanes of at least 4 members (excludes halogenated alkanes) is 1. The summed E-state index contributed by atoms with van der Waals surface area (Å²) in [7, 11) is 0.668. The molecule has 0 aliphatic carbocycles. The zero-order chi connectivity index (χ0) is 13.1. The van der Waals surface area contributed by atoms with Gasteiger partial charge in [-0.05, 0) is 12.8 Å². The van der Waals surface area contributed by atoms with Crippen LogP contribution in [0, 0.1) is 0 Å². The van der Waals surface area contributed by atoms with Crippen LogP contribution in [-0.2, 0) is 20.3 Å². The van der Waals surface area contributed by atoms with Crippen LogP contribution < -0.4 is 5.32 Å². The molecule has 0 saturated carbocycles. The van der Waals surface area contributed by atoms with Gasteiger partial charge in [0.15, 0.2) is 0 Å². The molecule has 0 amide bonds. The van der Waals surface area contributed by atoms with Gasteiger partial charge in [-0.3, -0.25) is 9.00 Å². The van der Waals surface area contributed by atoms with Gasteiger partial charge in [0, 0.05) is 35.1 Å². The summed E-state index contributed by atoms with van der Waals surface area (Å²) in [4.78, 5) is 10.8. The molecule has 17 heavy (non-hydrogen) atoms. The number of thiocarbonyl (C=S) groups is 1. The van der Waals surface area contributed by atoms with E-state index in [1.807, 2.05) is 0 Å². The molecule has 1 atom stereocenters. The maximum Gasteiger partial charge on any atom is 0.306 e. The number of hydrogen-bond donors (Lipinski definition) is 1. The van der Waals surface area contributed by atoms with Crippen molar-refractivity contribution in [3.63, 3.8) is 0 Å². The maximum atomic E-state index is 10.8. The summed E-state index contributed by atoms with van der Waals surface area (Å²) in [5.41, 5.74) is 0. The van der Waals surface area contributed by atoms with Gasteiger partial charge < -0.3 is 10.1 Å². The number of nitrogens with one attached hydrogen (secondary N) is 1. The van der Waals surface area contributed by atoms with Gasteiger partial charge in [-0.2, -0.15) is 0 Å². The summed E-state index contributed by atoms with van der Waals surface area (Å²) in [5.74, 6) is 1.16. The summed E-state index contributed by atoms with van der Waals surface area (Å²) in [5, 5.41) is 3.09. The zero-order valence-corrected chi connectivity index (χ0v) is 12.6. The van der Waals surface area contributed by atoms with Crippen LogP contribution in [0.3, 0.4) is 0 Å². The maximum absolute atomic E-state index is 10.8. The molecule has 4 nitrogen and oxygen atoms in total. The van der Waals surface area contributed by atoms with E-state index in [4.69, 9.17) is 12.2 Å². The monoisotopic (exact) mass is 297 g/mol. The Morgan fingerprint density at radius 2 is 2.18 bits per heavy atom.